The van der Waals surface area contributed by atoms with E-state index >= 15 is 0 Å². The van der Waals surface area contributed by atoms with E-state index in [9.17, 15) is 14.0 Å². The molecule has 0 aromatic heterocycles. The van der Waals surface area contributed by atoms with Crippen molar-refractivity contribution in [1.29, 1.82) is 0 Å². The van der Waals surface area contributed by atoms with Crippen LogP contribution in [0.15, 0.2) is 42.5 Å². The predicted molar refractivity (Wildman–Crippen MR) is 105 cm³/mol. The maximum atomic E-state index is 14.2. The fourth-order valence-corrected chi connectivity index (χ4v) is 3.27. The van der Waals surface area contributed by atoms with Crippen LogP contribution in [-0.2, 0) is 0 Å². The van der Waals surface area contributed by atoms with Crippen molar-refractivity contribution in [2.24, 2.45) is 0 Å². The van der Waals surface area contributed by atoms with Gasteiger partial charge in [-0.15, -0.1) is 0 Å². The Balaban J connectivity index is 1.62. The molecule has 3 rings (SSSR count). The minimum Gasteiger partial charge on any atom is -0.497 e. The van der Waals surface area contributed by atoms with Gasteiger partial charge in [0.05, 0.1) is 12.7 Å². The summed E-state index contributed by atoms with van der Waals surface area (Å²) in [5.41, 5.74) is 1.85. The number of carbonyl (C=O) groups excluding carboxylic acids is 2. The minimum absolute atomic E-state index is 0.0184. The van der Waals surface area contributed by atoms with Crippen LogP contribution in [0.3, 0.4) is 0 Å². The molecule has 5 nitrogen and oxygen atoms in total. The zero-order chi connectivity index (χ0) is 20.3. The molecule has 0 saturated carbocycles. The predicted octanol–water partition coefficient (Wildman–Crippen LogP) is 3.56. The first-order valence-electron chi connectivity index (χ1n) is 9.42. The molecule has 0 N–H and O–H groups in total. The molecule has 28 heavy (non-hydrogen) atoms. The van der Waals surface area contributed by atoms with Gasteiger partial charge in [-0.3, -0.25) is 9.59 Å². The number of nitrogens with zero attached hydrogens (tertiary/aromatic N) is 2. The first-order valence-corrected chi connectivity index (χ1v) is 9.42. The number of rotatable bonds is 4. The van der Waals surface area contributed by atoms with E-state index in [4.69, 9.17) is 4.74 Å². The van der Waals surface area contributed by atoms with Gasteiger partial charge in [-0.2, -0.15) is 0 Å². The molecular weight excluding hydrogens is 359 g/mol. The van der Waals surface area contributed by atoms with Crippen molar-refractivity contribution < 1.29 is 18.7 Å². The van der Waals surface area contributed by atoms with Crippen molar-refractivity contribution in [3.05, 3.63) is 65.0 Å². The summed E-state index contributed by atoms with van der Waals surface area (Å²) in [5, 5.41) is 0. The second kappa shape index (κ2) is 8.42. The summed E-state index contributed by atoms with van der Waals surface area (Å²) in [6, 6.07) is 11.9. The smallest absolute Gasteiger partial charge is 0.256 e. The lowest BCUT2D eigenvalue weighted by Gasteiger charge is -2.35. The minimum atomic E-state index is -0.604. The van der Waals surface area contributed by atoms with E-state index in [2.05, 4.69) is 13.8 Å². The van der Waals surface area contributed by atoms with Crippen molar-refractivity contribution in [3.63, 3.8) is 0 Å². The van der Waals surface area contributed by atoms with Crippen LogP contribution in [0, 0.1) is 5.82 Å². The van der Waals surface area contributed by atoms with Crippen LogP contribution in [0.25, 0.3) is 0 Å². The molecule has 0 atom stereocenters. The first-order chi connectivity index (χ1) is 13.4. The van der Waals surface area contributed by atoms with Crippen molar-refractivity contribution in [2.75, 3.05) is 33.3 Å². The molecule has 1 heterocycles. The third-order valence-corrected chi connectivity index (χ3v) is 5.09. The van der Waals surface area contributed by atoms with Crippen LogP contribution in [-0.4, -0.2) is 54.9 Å². The molecule has 0 unspecified atom stereocenters. The Hall–Kier alpha value is -2.89. The molecule has 1 aliphatic rings. The topological polar surface area (TPSA) is 49.9 Å². The molecule has 2 aromatic carbocycles. The third kappa shape index (κ3) is 4.16. The number of amides is 2. The highest BCUT2D eigenvalue weighted by Crippen LogP contribution is 2.20. The molecule has 2 aromatic rings. The summed E-state index contributed by atoms with van der Waals surface area (Å²) in [7, 11) is 1.45. The number of carbonyl (C=O) groups is 2. The Morgan fingerprint density at radius 2 is 1.50 bits per heavy atom. The second-order valence-electron chi connectivity index (χ2n) is 7.21. The number of benzene rings is 2. The molecule has 0 spiro atoms. The maximum Gasteiger partial charge on any atom is 0.256 e. The van der Waals surface area contributed by atoms with Crippen LogP contribution in [0.4, 0.5) is 4.39 Å². The van der Waals surface area contributed by atoms with Gasteiger partial charge in [0.25, 0.3) is 11.8 Å². The molecule has 0 bridgehead atoms. The summed E-state index contributed by atoms with van der Waals surface area (Å²) < 4.78 is 19.1. The van der Waals surface area contributed by atoms with Crippen molar-refractivity contribution in [1.82, 2.24) is 9.80 Å². The van der Waals surface area contributed by atoms with E-state index in [1.807, 2.05) is 24.3 Å². The number of hydrogen-bond acceptors (Lipinski definition) is 3. The Bertz CT molecular complexity index is 857. The van der Waals surface area contributed by atoms with Gasteiger partial charge in [-0.25, -0.2) is 4.39 Å². The SMILES string of the molecule is COc1ccc(C(=O)N2CCN(C(=O)c3ccc(C(C)C)cc3)CC2)c(F)c1. The van der Waals surface area contributed by atoms with Gasteiger partial charge in [-0.05, 0) is 35.7 Å². The Kier molecular flexibility index (Phi) is 5.97. The number of halogens is 1. The summed E-state index contributed by atoms with van der Waals surface area (Å²) in [5.74, 6) is -0.232. The second-order valence-corrected chi connectivity index (χ2v) is 7.21. The molecule has 1 aliphatic heterocycles. The van der Waals surface area contributed by atoms with Crippen LogP contribution >= 0.6 is 0 Å². The Labute approximate surface area is 164 Å². The van der Waals surface area contributed by atoms with Crippen LogP contribution in [0.2, 0.25) is 0 Å². The van der Waals surface area contributed by atoms with E-state index in [1.165, 1.54) is 24.8 Å². The van der Waals surface area contributed by atoms with Crippen molar-refractivity contribution in [3.8, 4) is 5.75 Å². The van der Waals surface area contributed by atoms with Crippen molar-refractivity contribution in [2.45, 2.75) is 19.8 Å². The third-order valence-electron chi connectivity index (χ3n) is 5.09. The maximum absolute atomic E-state index is 14.2. The van der Waals surface area contributed by atoms with Gasteiger partial charge in [0.1, 0.15) is 11.6 Å². The van der Waals surface area contributed by atoms with Crippen molar-refractivity contribution >= 4 is 11.8 Å². The Morgan fingerprint density at radius 3 is 2.00 bits per heavy atom. The van der Waals surface area contributed by atoms with Gasteiger partial charge < -0.3 is 14.5 Å². The molecule has 148 valence electrons. The highest BCUT2D eigenvalue weighted by molar-refractivity contribution is 5.96. The summed E-state index contributed by atoms with van der Waals surface area (Å²) in [6.45, 7) is 5.82. The van der Waals surface area contributed by atoms with Gasteiger partial charge in [0.2, 0.25) is 0 Å². The molecule has 0 radical (unpaired) electrons. The highest BCUT2D eigenvalue weighted by Gasteiger charge is 2.27. The number of piperazine rings is 1. The van der Waals surface area contributed by atoms with Gasteiger partial charge >= 0.3 is 0 Å². The average molecular weight is 384 g/mol. The van der Waals surface area contributed by atoms with Crippen LogP contribution in [0.5, 0.6) is 5.75 Å². The monoisotopic (exact) mass is 384 g/mol. The molecular formula is C22H25FN2O3. The molecule has 1 fully saturated rings. The van der Waals surface area contributed by atoms with Crippen LogP contribution in [0.1, 0.15) is 46.0 Å². The lowest BCUT2D eigenvalue weighted by atomic mass is 10.0. The number of methoxy groups -OCH3 is 1. The molecule has 6 heteroatoms. The first kappa shape index (κ1) is 19.9. The lowest BCUT2D eigenvalue weighted by molar-refractivity contribution is 0.0532. The van der Waals surface area contributed by atoms with E-state index < -0.39 is 5.82 Å². The van der Waals surface area contributed by atoms with E-state index in [0.717, 1.165) is 0 Å². The zero-order valence-electron chi connectivity index (χ0n) is 16.4. The largest absolute Gasteiger partial charge is 0.497 e. The van der Waals surface area contributed by atoms with Gasteiger partial charge in [0.15, 0.2) is 0 Å². The van der Waals surface area contributed by atoms with E-state index in [0.29, 0.717) is 43.4 Å². The van der Waals surface area contributed by atoms with Gasteiger partial charge in [-0.1, -0.05) is 26.0 Å². The quantitative estimate of drug-likeness (QED) is 0.810. The van der Waals surface area contributed by atoms with Crippen LogP contribution < -0.4 is 4.74 Å². The highest BCUT2D eigenvalue weighted by atomic mass is 19.1. The molecule has 1 saturated heterocycles. The van der Waals surface area contributed by atoms with Gasteiger partial charge in [0, 0.05) is 37.8 Å². The molecule has 2 amide bonds. The lowest BCUT2D eigenvalue weighted by Crippen LogP contribution is -2.50. The normalized spacial score (nSPS) is 14.3. The Morgan fingerprint density at radius 1 is 0.929 bits per heavy atom. The zero-order valence-corrected chi connectivity index (χ0v) is 16.4. The number of hydrogen-bond donors (Lipinski definition) is 0. The van der Waals surface area contributed by atoms with E-state index in [1.54, 1.807) is 15.9 Å². The molecule has 0 aliphatic carbocycles. The fraction of sp³-hybridized carbons (Fsp3) is 0.364. The van der Waals surface area contributed by atoms with E-state index in [-0.39, 0.29) is 17.4 Å². The summed E-state index contributed by atoms with van der Waals surface area (Å²) in [4.78, 5) is 28.6. The average Bonchev–Trinajstić information content (AvgIpc) is 2.72. The standard InChI is InChI=1S/C22H25FN2O3/c1-15(2)16-4-6-17(7-5-16)21(26)24-10-12-25(13-11-24)22(27)19-9-8-18(28-3)14-20(19)23/h4-9,14-15H,10-13H2,1-3H3. The summed E-state index contributed by atoms with van der Waals surface area (Å²) in [6.07, 6.45) is 0. The fourth-order valence-electron chi connectivity index (χ4n) is 3.27. The summed E-state index contributed by atoms with van der Waals surface area (Å²) >= 11 is 0. The number of ether oxygens (including phenoxy) is 1.